The highest BCUT2D eigenvalue weighted by Crippen LogP contribution is 2.13. The molecule has 2 heterocycles. The molecule has 0 aliphatic carbocycles. The van der Waals surface area contributed by atoms with Crippen LogP contribution < -0.4 is 15.5 Å². The van der Waals surface area contributed by atoms with Crippen molar-refractivity contribution in [2.24, 2.45) is 4.99 Å². The predicted octanol–water partition coefficient (Wildman–Crippen LogP) is 2.90. The molecule has 7 nitrogen and oxygen atoms in total. The lowest BCUT2D eigenvalue weighted by Gasteiger charge is -2.37. The fourth-order valence-corrected chi connectivity index (χ4v) is 3.52. The molecular weight excluding hydrogens is 388 g/mol. The first-order valence-electron chi connectivity index (χ1n) is 11.3. The minimum Gasteiger partial charge on any atom is -0.357 e. The van der Waals surface area contributed by atoms with E-state index >= 15 is 0 Å². The maximum Gasteiger partial charge on any atom is 0.251 e. The van der Waals surface area contributed by atoms with Crippen LogP contribution in [0.4, 0.5) is 5.82 Å². The molecule has 166 valence electrons. The molecule has 2 aromatic rings. The van der Waals surface area contributed by atoms with Crippen molar-refractivity contribution in [2.45, 2.75) is 33.2 Å². The number of amides is 1. The van der Waals surface area contributed by atoms with Crippen molar-refractivity contribution in [2.75, 3.05) is 44.2 Å². The van der Waals surface area contributed by atoms with Crippen LogP contribution in [0.15, 0.2) is 53.7 Å². The lowest BCUT2D eigenvalue weighted by Crippen LogP contribution is -2.52. The molecule has 7 heteroatoms. The van der Waals surface area contributed by atoms with Crippen molar-refractivity contribution in [3.05, 3.63) is 59.8 Å². The van der Waals surface area contributed by atoms with E-state index in [1.165, 1.54) is 0 Å². The first-order valence-corrected chi connectivity index (χ1v) is 11.3. The van der Waals surface area contributed by atoms with Crippen molar-refractivity contribution in [1.29, 1.82) is 0 Å². The number of hydrogen-bond acceptors (Lipinski definition) is 4. The van der Waals surface area contributed by atoms with E-state index < -0.39 is 0 Å². The molecule has 1 fully saturated rings. The maximum absolute atomic E-state index is 12.2. The van der Waals surface area contributed by atoms with Crippen molar-refractivity contribution >= 4 is 17.7 Å². The first-order chi connectivity index (χ1) is 15.2. The first kappa shape index (κ1) is 22.6. The number of nitrogens with one attached hydrogen (secondary N) is 2. The summed E-state index contributed by atoms with van der Waals surface area (Å²) in [5.74, 6) is 1.95. The third-order valence-corrected chi connectivity index (χ3v) is 5.33. The summed E-state index contributed by atoms with van der Waals surface area (Å²) in [4.78, 5) is 26.1. The Morgan fingerprint density at radius 2 is 1.81 bits per heavy atom. The van der Waals surface area contributed by atoms with E-state index in [0.717, 1.165) is 69.5 Å². The van der Waals surface area contributed by atoms with Gasteiger partial charge < -0.3 is 20.4 Å². The van der Waals surface area contributed by atoms with E-state index in [0.29, 0.717) is 12.1 Å². The molecule has 0 radical (unpaired) electrons. The number of benzene rings is 1. The minimum absolute atomic E-state index is 0.0115. The molecule has 1 aromatic carbocycles. The molecule has 0 saturated carbocycles. The second kappa shape index (κ2) is 11.9. The Bertz CT molecular complexity index is 829. The van der Waals surface area contributed by atoms with Gasteiger partial charge in [0.15, 0.2) is 5.96 Å². The number of carbonyl (C=O) groups excluding carboxylic acids is 1. The van der Waals surface area contributed by atoms with Gasteiger partial charge in [0.25, 0.3) is 5.91 Å². The summed E-state index contributed by atoms with van der Waals surface area (Å²) in [5, 5.41) is 6.37. The van der Waals surface area contributed by atoms with Crippen LogP contribution in [0, 0.1) is 0 Å². The van der Waals surface area contributed by atoms with E-state index in [9.17, 15) is 4.79 Å². The number of nitrogens with zero attached hydrogens (tertiary/aromatic N) is 4. The summed E-state index contributed by atoms with van der Waals surface area (Å²) < 4.78 is 0. The Balaban J connectivity index is 1.55. The van der Waals surface area contributed by atoms with Gasteiger partial charge in [-0.1, -0.05) is 31.5 Å². The van der Waals surface area contributed by atoms with Crippen LogP contribution in [0.5, 0.6) is 0 Å². The molecule has 0 spiro atoms. The quantitative estimate of drug-likeness (QED) is 0.389. The number of anilines is 1. The molecular formula is C24H34N6O. The van der Waals surface area contributed by atoms with E-state index in [2.05, 4.69) is 45.3 Å². The smallest absolute Gasteiger partial charge is 0.251 e. The van der Waals surface area contributed by atoms with Gasteiger partial charge in [-0.25, -0.2) is 9.98 Å². The van der Waals surface area contributed by atoms with Crippen molar-refractivity contribution in [3.63, 3.8) is 0 Å². The second-order valence-electron chi connectivity index (χ2n) is 7.64. The Kier molecular flexibility index (Phi) is 8.70. The summed E-state index contributed by atoms with van der Waals surface area (Å²) in [6, 6.07) is 13.8. The summed E-state index contributed by atoms with van der Waals surface area (Å²) in [7, 11) is 0. The summed E-state index contributed by atoms with van der Waals surface area (Å²) in [6.45, 7) is 9.98. The van der Waals surface area contributed by atoms with Gasteiger partial charge in [0.05, 0.1) is 6.54 Å². The Hall–Kier alpha value is -3.09. The number of unbranched alkanes of at least 4 members (excludes halogenated alkanes) is 1. The van der Waals surface area contributed by atoms with Gasteiger partial charge >= 0.3 is 0 Å². The monoisotopic (exact) mass is 422 g/mol. The predicted molar refractivity (Wildman–Crippen MR) is 127 cm³/mol. The van der Waals surface area contributed by atoms with Crippen LogP contribution in [0.1, 0.15) is 42.6 Å². The number of guanidine groups is 1. The van der Waals surface area contributed by atoms with Crippen LogP contribution in [0.3, 0.4) is 0 Å². The van der Waals surface area contributed by atoms with Crippen molar-refractivity contribution in [1.82, 2.24) is 20.5 Å². The van der Waals surface area contributed by atoms with Crippen LogP contribution in [0.25, 0.3) is 0 Å². The zero-order valence-corrected chi connectivity index (χ0v) is 18.7. The zero-order valence-electron chi connectivity index (χ0n) is 18.7. The van der Waals surface area contributed by atoms with E-state index in [1.54, 1.807) is 0 Å². The lowest BCUT2D eigenvalue weighted by molar-refractivity contribution is 0.0953. The Labute approximate surface area is 185 Å². The van der Waals surface area contributed by atoms with E-state index in [4.69, 9.17) is 4.99 Å². The maximum atomic E-state index is 12.2. The van der Waals surface area contributed by atoms with Gasteiger partial charge in [0, 0.05) is 51.0 Å². The molecule has 1 aliphatic rings. The fraction of sp³-hybridized carbons (Fsp3) is 0.458. The molecule has 1 saturated heterocycles. The molecule has 2 N–H and O–H groups in total. The third kappa shape index (κ3) is 6.70. The summed E-state index contributed by atoms with van der Waals surface area (Å²) in [5.41, 5.74) is 1.79. The van der Waals surface area contributed by atoms with Gasteiger partial charge in [-0.15, -0.1) is 0 Å². The fourth-order valence-electron chi connectivity index (χ4n) is 3.52. The van der Waals surface area contributed by atoms with Gasteiger partial charge in [-0.3, -0.25) is 4.79 Å². The highest BCUT2D eigenvalue weighted by molar-refractivity contribution is 5.94. The largest absolute Gasteiger partial charge is 0.357 e. The number of hydrogen-bond donors (Lipinski definition) is 2. The Morgan fingerprint density at radius 3 is 2.45 bits per heavy atom. The average molecular weight is 423 g/mol. The number of piperazine rings is 1. The normalized spacial score (nSPS) is 14.5. The SMILES string of the molecule is CCCCNC(=O)c1ccc(CN=C(NCC)N2CCN(c3ccccn3)CC2)cc1. The highest BCUT2D eigenvalue weighted by atomic mass is 16.1. The van der Waals surface area contributed by atoms with Crippen LogP contribution in [0.2, 0.25) is 0 Å². The van der Waals surface area contributed by atoms with Gasteiger partial charge in [0.2, 0.25) is 0 Å². The van der Waals surface area contributed by atoms with Gasteiger partial charge in [-0.2, -0.15) is 0 Å². The molecule has 0 unspecified atom stereocenters. The van der Waals surface area contributed by atoms with Gasteiger partial charge in [-0.05, 0) is 43.2 Å². The lowest BCUT2D eigenvalue weighted by atomic mass is 10.1. The topological polar surface area (TPSA) is 72.9 Å². The molecule has 1 amide bonds. The third-order valence-electron chi connectivity index (χ3n) is 5.33. The zero-order chi connectivity index (χ0) is 21.9. The summed E-state index contributed by atoms with van der Waals surface area (Å²) in [6.07, 6.45) is 3.92. The number of aliphatic imine (C=N–C) groups is 1. The van der Waals surface area contributed by atoms with Crippen molar-refractivity contribution in [3.8, 4) is 0 Å². The number of aromatic nitrogens is 1. The van der Waals surface area contributed by atoms with E-state index in [1.807, 2.05) is 42.6 Å². The average Bonchev–Trinajstić information content (AvgIpc) is 2.83. The standard InChI is InChI=1S/C24H34N6O/c1-3-5-13-27-23(31)21-11-9-20(10-12-21)19-28-24(25-4-2)30-17-15-29(16-18-30)22-8-6-7-14-26-22/h6-12,14H,3-5,13,15-19H2,1-2H3,(H,25,28)(H,27,31). The molecule has 0 bridgehead atoms. The van der Waals surface area contributed by atoms with Crippen LogP contribution in [-0.4, -0.2) is 61.0 Å². The number of pyridine rings is 1. The van der Waals surface area contributed by atoms with E-state index in [-0.39, 0.29) is 5.91 Å². The second-order valence-corrected chi connectivity index (χ2v) is 7.64. The highest BCUT2D eigenvalue weighted by Gasteiger charge is 2.20. The molecule has 31 heavy (non-hydrogen) atoms. The molecule has 0 atom stereocenters. The number of rotatable bonds is 8. The molecule has 3 rings (SSSR count). The van der Waals surface area contributed by atoms with Gasteiger partial charge in [0.1, 0.15) is 5.82 Å². The summed E-state index contributed by atoms with van der Waals surface area (Å²) >= 11 is 0. The van der Waals surface area contributed by atoms with Crippen LogP contribution >= 0.6 is 0 Å². The Morgan fingerprint density at radius 1 is 1.03 bits per heavy atom. The minimum atomic E-state index is -0.0115. The number of carbonyl (C=O) groups is 1. The van der Waals surface area contributed by atoms with Crippen molar-refractivity contribution < 1.29 is 4.79 Å². The molecule has 1 aromatic heterocycles. The van der Waals surface area contributed by atoms with Crippen LogP contribution in [-0.2, 0) is 6.54 Å². The molecule has 1 aliphatic heterocycles.